The second-order valence-electron chi connectivity index (χ2n) is 6.02. The highest BCUT2D eigenvalue weighted by atomic mass is 16.1. The molecule has 2 fully saturated rings. The first-order chi connectivity index (χ1) is 8.24. The summed E-state index contributed by atoms with van der Waals surface area (Å²) < 4.78 is 0. The molecular formula is C14H26N2O. The van der Waals surface area contributed by atoms with Crippen LogP contribution >= 0.6 is 0 Å². The van der Waals surface area contributed by atoms with E-state index in [1.54, 1.807) is 0 Å². The van der Waals surface area contributed by atoms with E-state index < -0.39 is 0 Å². The van der Waals surface area contributed by atoms with Gasteiger partial charge in [0, 0.05) is 13.0 Å². The second-order valence-corrected chi connectivity index (χ2v) is 6.02. The first-order valence-corrected chi connectivity index (χ1v) is 7.21. The van der Waals surface area contributed by atoms with Crippen LogP contribution in [0, 0.1) is 11.3 Å². The van der Waals surface area contributed by atoms with Gasteiger partial charge >= 0.3 is 0 Å². The second kappa shape index (κ2) is 5.85. The molecule has 0 aromatic rings. The average Bonchev–Trinajstić information content (AvgIpc) is 2.21. The summed E-state index contributed by atoms with van der Waals surface area (Å²) >= 11 is 0. The van der Waals surface area contributed by atoms with E-state index in [0.29, 0.717) is 6.42 Å². The van der Waals surface area contributed by atoms with E-state index in [1.807, 2.05) is 0 Å². The molecule has 0 aromatic carbocycles. The molecule has 3 N–H and O–H groups in total. The molecule has 0 saturated heterocycles. The van der Waals surface area contributed by atoms with Gasteiger partial charge in [-0.05, 0) is 43.6 Å². The molecule has 98 valence electrons. The molecule has 0 unspecified atom stereocenters. The molecule has 3 nitrogen and oxygen atoms in total. The summed E-state index contributed by atoms with van der Waals surface area (Å²) in [5.41, 5.74) is 6.01. The largest absolute Gasteiger partial charge is 0.355 e. The number of carbonyl (C=O) groups is 1. The molecule has 2 saturated carbocycles. The number of nitrogens with one attached hydrogen (secondary N) is 1. The average molecular weight is 238 g/mol. The molecule has 2 rings (SSSR count). The number of rotatable bonds is 7. The van der Waals surface area contributed by atoms with Gasteiger partial charge in [0.25, 0.3) is 0 Å². The van der Waals surface area contributed by atoms with Gasteiger partial charge < -0.3 is 11.1 Å². The van der Waals surface area contributed by atoms with Crippen LogP contribution in [-0.2, 0) is 4.79 Å². The van der Waals surface area contributed by atoms with Crippen molar-refractivity contribution in [3.8, 4) is 0 Å². The fourth-order valence-corrected chi connectivity index (χ4v) is 2.84. The van der Waals surface area contributed by atoms with Gasteiger partial charge in [-0.15, -0.1) is 0 Å². The molecule has 0 aliphatic heterocycles. The summed E-state index contributed by atoms with van der Waals surface area (Å²) in [6.45, 7) is 1.51. The van der Waals surface area contributed by atoms with Crippen molar-refractivity contribution in [2.45, 2.75) is 57.8 Å². The Hall–Kier alpha value is -0.570. The van der Waals surface area contributed by atoms with Crippen LogP contribution in [0.3, 0.4) is 0 Å². The molecule has 2 aliphatic carbocycles. The smallest absolute Gasteiger partial charge is 0.220 e. The van der Waals surface area contributed by atoms with Crippen LogP contribution in [0.2, 0.25) is 0 Å². The minimum atomic E-state index is 0.226. The fourth-order valence-electron chi connectivity index (χ4n) is 2.84. The van der Waals surface area contributed by atoms with Gasteiger partial charge in [-0.3, -0.25) is 4.79 Å². The molecule has 17 heavy (non-hydrogen) atoms. The van der Waals surface area contributed by atoms with E-state index in [1.165, 1.54) is 44.9 Å². The van der Waals surface area contributed by atoms with Crippen molar-refractivity contribution in [1.82, 2.24) is 5.32 Å². The predicted octanol–water partition coefficient (Wildman–Crippen LogP) is 2.20. The highest BCUT2D eigenvalue weighted by Gasteiger charge is 2.35. The minimum Gasteiger partial charge on any atom is -0.355 e. The molecule has 0 atom stereocenters. The summed E-state index contributed by atoms with van der Waals surface area (Å²) in [4.78, 5) is 11.7. The maximum atomic E-state index is 11.7. The Bertz CT molecular complexity index is 251. The molecule has 0 spiro atoms. The van der Waals surface area contributed by atoms with E-state index in [0.717, 1.165) is 25.4 Å². The number of carbonyl (C=O) groups excluding carboxylic acids is 1. The lowest BCUT2D eigenvalue weighted by Gasteiger charge is -2.41. The number of hydrogen-bond acceptors (Lipinski definition) is 2. The lowest BCUT2D eigenvalue weighted by atomic mass is 9.69. The first kappa shape index (κ1) is 12.9. The molecular weight excluding hydrogens is 212 g/mol. The van der Waals surface area contributed by atoms with Gasteiger partial charge in [-0.2, -0.15) is 0 Å². The van der Waals surface area contributed by atoms with Crippen molar-refractivity contribution >= 4 is 5.91 Å². The topological polar surface area (TPSA) is 55.1 Å². The maximum Gasteiger partial charge on any atom is 0.220 e. The zero-order valence-electron chi connectivity index (χ0n) is 10.8. The van der Waals surface area contributed by atoms with Crippen LogP contribution in [0.4, 0.5) is 0 Å². The van der Waals surface area contributed by atoms with Gasteiger partial charge in [0.1, 0.15) is 0 Å². The Morgan fingerprint density at radius 3 is 2.53 bits per heavy atom. The molecule has 3 heteroatoms. The highest BCUT2D eigenvalue weighted by Crippen LogP contribution is 2.39. The molecule has 0 aromatic heterocycles. The third-order valence-electron chi connectivity index (χ3n) is 4.75. The minimum absolute atomic E-state index is 0.226. The first-order valence-electron chi connectivity index (χ1n) is 7.21. The van der Waals surface area contributed by atoms with Crippen LogP contribution in [0.1, 0.15) is 57.8 Å². The quantitative estimate of drug-likeness (QED) is 0.714. The van der Waals surface area contributed by atoms with Crippen LogP contribution < -0.4 is 11.1 Å². The molecule has 0 bridgehead atoms. The molecule has 2 aliphatic rings. The summed E-state index contributed by atoms with van der Waals surface area (Å²) in [5.74, 6) is 1.15. The lowest BCUT2D eigenvalue weighted by molar-refractivity contribution is -0.122. The van der Waals surface area contributed by atoms with Gasteiger partial charge in [0.05, 0.1) is 0 Å². The fraction of sp³-hybridized carbons (Fsp3) is 0.929. The third kappa shape index (κ3) is 3.44. The Morgan fingerprint density at radius 1 is 1.29 bits per heavy atom. The number of nitrogens with two attached hydrogens (primary N) is 1. The molecule has 0 radical (unpaired) electrons. The summed E-state index contributed by atoms with van der Waals surface area (Å²) in [7, 11) is 0. The van der Waals surface area contributed by atoms with Crippen LogP contribution in [-0.4, -0.2) is 19.0 Å². The van der Waals surface area contributed by atoms with Gasteiger partial charge in [0.2, 0.25) is 5.91 Å². The van der Waals surface area contributed by atoms with Gasteiger partial charge in [-0.25, -0.2) is 0 Å². The maximum absolute atomic E-state index is 11.7. The van der Waals surface area contributed by atoms with E-state index in [4.69, 9.17) is 5.73 Å². The van der Waals surface area contributed by atoms with Gasteiger partial charge in [-0.1, -0.05) is 25.7 Å². The SMILES string of the molecule is NCC1(CNC(=O)CCCC2CCC2)CCC1. The van der Waals surface area contributed by atoms with E-state index in [9.17, 15) is 4.79 Å². The van der Waals surface area contributed by atoms with Crippen molar-refractivity contribution in [1.29, 1.82) is 0 Å². The standard InChI is InChI=1S/C14H26N2O/c15-10-14(8-3-9-14)11-16-13(17)7-2-6-12-4-1-5-12/h12H,1-11,15H2,(H,16,17). The zero-order valence-corrected chi connectivity index (χ0v) is 10.8. The van der Waals surface area contributed by atoms with E-state index in [2.05, 4.69) is 5.32 Å². The normalized spacial score (nSPS) is 22.6. The monoisotopic (exact) mass is 238 g/mol. The van der Waals surface area contributed by atoms with Crippen molar-refractivity contribution in [3.63, 3.8) is 0 Å². The highest BCUT2D eigenvalue weighted by molar-refractivity contribution is 5.75. The van der Waals surface area contributed by atoms with Crippen molar-refractivity contribution in [2.24, 2.45) is 17.1 Å². The summed E-state index contributed by atoms with van der Waals surface area (Å²) in [5, 5.41) is 3.07. The summed E-state index contributed by atoms with van der Waals surface area (Å²) in [6.07, 6.45) is 10.8. The van der Waals surface area contributed by atoms with Crippen LogP contribution in [0.5, 0.6) is 0 Å². The van der Waals surface area contributed by atoms with Crippen molar-refractivity contribution < 1.29 is 4.79 Å². The van der Waals surface area contributed by atoms with Crippen LogP contribution in [0.25, 0.3) is 0 Å². The van der Waals surface area contributed by atoms with Crippen molar-refractivity contribution in [2.75, 3.05) is 13.1 Å². The Balaban J connectivity index is 1.53. The van der Waals surface area contributed by atoms with Crippen LogP contribution in [0.15, 0.2) is 0 Å². The lowest BCUT2D eigenvalue weighted by Crippen LogP contribution is -2.46. The Morgan fingerprint density at radius 2 is 2.06 bits per heavy atom. The summed E-state index contributed by atoms with van der Waals surface area (Å²) in [6, 6.07) is 0. The number of hydrogen-bond donors (Lipinski definition) is 2. The zero-order chi connectivity index (χ0) is 12.1. The molecule has 1 amide bonds. The predicted molar refractivity (Wildman–Crippen MR) is 69.5 cm³/mol. The third-order valence-corrected chi connectivity index (χ3v) is 4.75. The number of amides is 1. The van der Waals surface area contributed by atoms with E-state index in [-0.39, 0.29) is 11.3 Å². The Kier molecular flexibility index (Phi) is 4.43. The van der Waals surface area contributed by atoms with E-state index >= 15 is 0 Å². The Labute approximate surface area is 105 Å². The van der Waals surface area contributed by atoms with Crippen molar-refractivity contribution in [3.05, 3.63) is 0 Å². The van der Waals surface area contributed by atoms with Gasteiger partial charge in [0.15, 0.2) is 0 Å². The molecule has 0 heterocycles.